The molecule has 0 bridgehead atoms. The minimum Gasteiger partial charge on any atom is -0.390 e. The summed E-state index contributed by atoms with van der Waals surface area (Å²) in [6.07, 6.45) is -5.19. The quantitative estimate of drug-likeness (QED) is 0.457. The Balaban J connectivity index is 1.31. The lowest BCUT2D eigenvalue weighted by molar-refractivity contribution is -0.137. The number of carbonyl (C=O) groups is 1. The number of aliphatic hydroxyl groups is 1. The van der Waals surface area contributed by atoms with Crippen molar-refractivity contribution in [3.8, 4) is 5.69 Å². The number of nitrogens with zero attached hydrogens (tertiary/aromatic N) is 4. The Labute approximate surface area is 224 Å². The van der Waals surface area contributed by atoms with Crippen LogP contribution in [0.3, 0.4) is 0 Å². The fourth-order valence-corrected chi connectivity index (χ4v) is 4.97. The van der Waals surface area contributed by atoms with E-state index in [2.05, 4.69) is 26.2 Å². The van der Waals surface area contributed by atoms with Crippen LogP contribution in [0.1, 0.15) is 33.1 Å². The minimum absolute atomic E-state index is 0.0536. The lowest BCUT2D eigenvalue weighted by Crippen LogP contribution is -2.50. The average molecular weight is 550 g/mol. The monoisotopic (exact) mass is 549 g/mol. The number of benzene rings is 2. The molecule has 0 radical (unpaired) electrons. The summed E-state index contributed by atoms with van der Waals surface area (Å²) < 4.78 is 40.3. The summed E-state index contributed by atoms with van der Waals surface area (Å²) in [6.45, 7) is 9.00. The molecule has 204 valence electrons. The van der Waals surface area contributed by atoms with Gasteiger partial charge in [-0.3, -0.25) is 9.69 Å². The molecule has 1 saturated heterocycles. The van der Waals surface area contributed by atoms with Gasteiger partial charge in [0, 0.05) is 55.7 Å². The smallest absolute Gasteiger partial charge is 0.390 e. The Kier molecular flexibility index (Phi) is 8.34. The van der Waals surface area contributed by atoms with Gasteiger partial charge in [-0.15, -0.1) is 0 Å². The SMILES string of the molecule is Cc1c(Cl)cccc1N1CCN(CC(O)CNC(=O)c2nc(C)n(-c3ccc(C(F)(F)F)cc3)c2C)CC1. The number of rotatable bonds is 7. The number of amides is 1. The maximum atomic E-state index is 12.9. The number of aliphatic hydroxyl groups excluding tert-OH is 1. The van der Waals surface area contributed by atoms with Crippen molar-refractivity contribution in [1.29, 1.82) is 0 Å². The summed E-state index contributed by atoms with van der Waals surface area (Å²) in [5.74, 6) is 0.0253. The van der Waals surface area contributed by atoms with Gasteiger partial charge in [-0.05, 0) is 62.7 Å². The number of aryl methyl sites for hydroxylation is 1. The van der Waals surface area contributed by atoms with Crippen LogP contribution in [0.4, 0.5) is 18.9 Å². The number of β-amino-alcohol motifs (C(OH)–C–C–N with tert-alkyl or cyclic N) is 1. The molecule has 4 rings (SSSR count). The number of halogens is 4. The number of hydrogen-bond acceptors (Lipinski definition) is 5. The van der Waals surface area contributed by atoms with E-state index in [4.69, 9.17) is 11.6 Å². The molecule has 1 aromatic heterocycles. The maximum Gasteiger partial charge on any atom is 0.416 e. The van der Waals surface area contributed by atoms with Gasteiger partial charge in [0.25, 0.3) is 5.91 Å². The van der Waals surface area contributed by atoms with Crippen molar-refractivity contribution < 1.29 is 23.1 Å². The third-order valence-corrected chi connectivity index (χ3v) is 7.27. The second-order valence-corrected chi connectivity index (χ2v) is 9.92. The molecule has 1 amide bonds. The first kappa shape index (κ1) is 27.9. The first-order valence-electron chi connectivity index (χ1n) is 12.4. The molecule has 38 heavy (non-hydrogen) atoms. The summed E-state index contributed by atoms with van der Waals surface area (Å²) in [7, 11) is 0. The van der Waals surface area contributed by atoms with Crippen molar-refractivity contribution in [3.05, 3.63) is 75.8 Å². The number of anilines is 1. The molecule has 2 N–H and O–H groups in total. The van der Waals surface area contributed by atoms with Crippen LogP contribution < -0.4 is 10.2 Å². The molecule has 1 atom stereocenters. The summed E-state index contributed by atoms with van der Waals surface area (Å²) in [5, 5.41) is 14.0. The molecule has 0 aliphatic carbocycles. The largest absolute Gasteiger partial charge is 0.416 e. The summed E-state index contributed by atoms with van der Waals surface area (Å²) >= 11 is 6.26. The fraction of sp³-hybridized carbons (Fsp3) is 0.407. The Morgan fingerprint density at radius 2 is 1.74 bits per heavy atom. The van der Waals surface area contributed by atoms with Gasteiger partial charge < -0.3 is 19.9 Å². The highest BCUT2D eigenvalue weighted by atomic mass is 35.5. The van der Waals surface area contributed by atoms with Gasteiger partial charge in [0.15, 0.2) is 0 Å². The Bertz CT molecular complexity index is 1290. The zero-order valence-electron chi connectivity index (χ0n) is 21.5. The third-order valence-electron chi connectivity index (χ3n) is 6.86. The van der Waals surface area contributed by atoms with E-state index in [1.54, 1.807) is 18.4 Å². The first-order valence-corrected chi connectivity index (χ1v) is 12.8. The summed E-state index contributed by atoms with van der Waals surface area (Å²) in [6, 6.07) is 10.6. The lowest BCUT2D eigenvalue weighted by atomic mass is 10.1. The predicted molar refractivity (Wildman–Crippen MR) is 141 cm³/mol. The van der Waals surface area contributed by atoms with Crippen molar-refractivity contribution in [2.45, 2.75) is 33.1 Å². The molecule has 11 heteroatoms. The van der Waals surface area contributed by atoms with E-state index in [1.165, 1.54) is 12.1 Å². The third kappa shape index (κ3) is 6.14. The predicted octanol–water partition coefficient (Wildman–Crippen LogP) is 4.38. The maximum absolute atomic E-state index is 12.9. The topological polar surface area (TPSA) is 73.6 Å². The molecule has 0 saturated carbocycles. The number of hydrogen-bond donors (Lipinski definition) is 2. The second kappa shape index (κ2) is 11.3. The molecule has 3 aromatic rings. The van der Waals surface area contributed by atoms with Crippen LogP contribution in [-0.2, 0) is 6.18 Å². The molecule has 2 heterocycles. The Morgan fingerprint density at radius 3 is 2.37 bits per heavy atom. The van der Waals surface area contributed by atoms with E-state index in [9.17, 15) is 23.1 Å². The molecular formula is C27H31ClF3N5O2. The van der Waals surface area contributed by atoms with Crippen LogP contribution in [-0.4, -0.2) is 70.8 Å². The second-order valence-electron chi connectivity index (χ2n) is 9.51. The molecule has 1 aliphatic rings. The summed E-state index contributed by atoms with van der Waals surface area (Å²) in [4.78, 5) is 21.6. The Morgan fingerprint density at radius 1 is 1.08 bits per heavy atom. The van der Waals surface area contributed by atoms with E-state index < -0.39 is 23.8 Å². The van der Waals surface area contributed by atoms with Crippen molar-refractivity contribution in [2.75, 3.05) is 44.2 Å². The van der Waals surface area contributed by atoms with Crippen molar-refractivity contribution >= 4 is 23.2 Å². The zero-order valence-corrected chi connectivity index (χ0v) is 22.3. The van der Waals surface area contributed by atoms with Crippen molar-refractivity contribution in [1.82, 2.24) is 19.8 Å². The average Bonchev–Trinajstić information content (AvgIpc) is 3.18. The summed E-state index contributed by atoms with van der Waals surface area (Å²) in [5.41, 5.74) is 2.57. The van der Waals surface area contributed by atoms with E-state index in [1.807, 2.05) is 19.1 Å². The zero-order chi connectivity index (χ0) is 27.6. The van der Waals surface area contributed by atoms with Crippen molar-refractivity contribution in [3.63, 3.8) is 0 Å². The first-order chi connectivity index (χ1) is 18.0. The highest BCUT2D eigenvalue weighted by Crippen LogP contribution is 2.30. The Hall–Kier alpha value is -3.08. The fourth-order valence-electron chi connectivity index (χ4n) is 4.80. The molecule has 2 aromatic carbocycles. The molecular weight excluding hydrogens is 519 g/mol. The molecule has 1 unspecified atom stereocenters. The van der Waals surface area contributed by atoms with Crippen molar-refractivity contribution in [2.24, 2.45) is 0 Å². The standard InChI is InChI=1S/C27H31ClF3N5O2/c1-17-23(28)5-4-6-24(17)35-13-11-34(12-14-35)16-22(37)15-32-26(38)25-18(2)36(19(3)33-25)21-9-7-20(8-10-21)27(29,30)31/h4-10,22,37H,11-16H2,1-3H3,(H,32,38). The van der Waals surface area contributed by atoms with Gasteiger partial charge in [0.1, 0.15) is 11.5 Å². The van der Waals surface area contributed by atoms with Gasteiger partial charge >= 0.3 is 6.18 Å². The number of aromatic nitrogens is 2. The van der Waals surface area contributed by atoms with Crippen LogP contribution in [0.15, 0.2) is 42.5 Å². The molecule has 1 fully saturated rings. The van der Waals surface area contributed by atoms with E-state index >= 15 is 0 Å². The molecule has 7 nitrogen and oxygen atoms in total. The number of carbonyl (C=O) groups excluding carboxylic acids is 1. The highest BCUT2D eigenvalue weighted by molar-refractivity contribution is 6.31. The van der Waals surface area contributed by atoms with Gasteiger partial charge in [0.05, 0.1) is 17.4 Å². The minimum atomic E-state index is -4.42. The van der Waals surface area contributed by atoms with Crippen LogP contribution in [0, 0.1) is 20.8 Å². The lowest BCUT2D eigenvalue weighted by Gasteiger charge is -2.37. The van der Waals surface area contributed by atoms with E-state index in [0.29, 0.717) is 23.8 Å². The van der Waals surface area contributed by atoms with Gasteiger partial charge in [-0.2, -0.15) is 13.2 Å². The van der Waals surface area contributed by atoms with E-state index in [-0.39, 0.29) is 12.2 Å². The number of nitrogens with one attached hydrogen (secondary N) is 1. The normalized spacial score (nSPS) is 15.5. The van der Waals surface area contributed by atoms with Crippen LogP contribution in [0.25, 0.3) is 5.69 Å². The van der Waals surface area contributed by atoms with Gasteiger partial charge in [-0.25, -0.2) is 4.98 Å². The van der Waals surface area contributed by atoms with Crippen LogP contribution in [0.2, 0.25) is 5.02 Å². The van der Waals surface area contributed by atoms with Crippen LogP contribution >= 0.6 is 11.6 Å². The van der Waals surface area contributed by atoms with E-state index in [0.717, 1.165) is 54.6 Å². The van der Waals surface area contributed by atoms with Gasteiger partial charge in [0.2, 0.25) is 0 Å². The number of alkyl halides is 3. The highest BCUT2D eigenvalue weighted by Gasteiger charge is 2.30. The van der Waals surface area contributed by atoms with Crippen LogP contribution in [0.5, 0.6) is 0 Å². The number of piperazine rings is 1. The molecule has 1 aliphatic heterocycles. The molecule has 0 spiro atoms. The number of imidazole rings is 1. The van der Waals surface area contributed by atoms with Gasteiger partial charge in [-0.1, -0.05) is 17.7 Å².